The lowest BCUT2D eigenvalue weighted by atomic mass is 10.1. The predicted molar refractivity (Wildman–Crippen MR) is 102 cm³/mol. The standard InChI is InChI=1S/C19H22N4O4/c1-13-12-15(23(26)27)8-9-16(13)22-17(24)10-11-21-18(19(25)20-2)14-6-4-3-5-7-14/h3-9,12,18,21H,10-11H2,1-2H3,(H,20,25)(H,22,24). The lowest BCUT2D eigenvalue weighted by molar-refractivity contribution is -0.384. The number of hydrogen-bond acceptors (Lipinski definition) is 5. The topological polar surface area (TPSA) is 113 Å². The number of benzene rings is 2. The summed E-state index contributed by atoms with van der Waals surface area (Å²) in [6.07, 6.45) is 0.150. The molecule has 1 unspecified atom stereocenters. The third-order valence-corrected chi connectivity index (χ3v) is 4.04. The lowest BCUT2D eigenvalue weighted by Crippen LogP contribution is -2.37. The van der Waals surface area contributed by atoms with Crippen LogP contribution >= 0.6 is 0 Å². The molecule has 0 heterocycles. The fraction of sp³-hybridized carbons (Fsp3) is 0.263. The van der Waals surface area contributed by atoms with Crippen molar-refractivity contribution in [1.29, 1.82) is 0 Å². The zero-order valence-corrected chi connectivity index (χ0v) is 15.2. The maximum atomic E-state index is 12.2. The fourth-order valence-electron chi connectivity index (χ4n) is 2.60. The zero-order chi connectivity index (χ0) is 19.8. The molecule has 2 rings (SSSR count). The number of rotatable bonds is 8. The molecule has 0 fully saturated rings. The minimum Gasteiger partial charge on any atom is -0.358 e. The van der Waals surface area contributed by atoms with E-state index in [0.717, 1.165) is 5.56 Å². The summed E-state index contributed by atoms with van der Waals surface area (Å²) in [7, 11) is 1.56. The highest BCUT2D eigenvalue weighted by Gasteiger charge is 2.19. The number of aryl methyl sites for hydroxylation is 1. The van der Waals surface area contributed by atoms with Gasteiger partial charge in [-0.3, -0.25) is 19.7 Å². The molecule has 0 saturated heterocycles. The Morgan fingerprint density at radius 2 is 1.85 bits per heavy atom. The molecule has 2 aromatic carbocycles. The van der Waals surface area contributed by atoms with Gasteiger partial charge in [0, 0.05) is 37.8 Å². The van der Waals surface area contributed by atoms with E-state index in [9.17, 15) is 19.7 Å². The largest absolute Gasteiger partial charge is 0.358 e. The van der Waals surface area contributed by atoms with Crippen LogP contribution in [0.5, 0.6) is 0 Å². The van der Waals surface area contributed by atoms with Gasteiger partial charge in [0.1, 0.15) is 6.04 Å². The number of carbonyl (C=O) groups excluding carboxylic acids is 2. The number of amides is 2. The molecule has 0 saturated carbocycles. The van der Waals surface area contributed by atoms with Crippen LogP contribution in [-0.2, 0) is 9.59 Å². The molecule has 0 aliphatic carbocycles. The summed E-state index contributed by atoms with van der Waals surface area (Å²) in [6.45, 7) is 1.99. The lowest BCUT2D eigenvalue weighted by Gasteiger charge is -2.17. The summed E-state index contributed by atoms with van der Waals surface area (Å²) in [5.41, 5.74) is 1.92. The first-order valence-electron chi connectivity index (χ1n) is 8.47. The molecule has 0 radical (unpaired) electrons. The number of carbonyl (C=O) groups is 2. The van der Waals surface area contributed by atoms with Crippen LogP contribution in [0.25, 0.3) is 0 Å². The van der Waals surface area contributed by atoms with E-state index < -0.39 is 11.0 Å². The highest BCUT2D eigenvalue weighted by atomic mass is 16.6. The van der Waals surface area contributed by atoms with Crippen molar-refractivity contribution >= 4 is 23.2 Å². The molecule has 2 aromatic rings. The van der Waals surface area contributed by atoms with Gasteiger partial charge in [-0.15, -0.1) is 0 Å². The average Bonchev–Trinajstić information content (AvgIpc) is 2.66. The van der Waals surface area contributed by atoms with E-state index in [1.54, 1.807) is 14.0 Å². The Bertz CT molecular complexity index is 824. The van der Waals surface area contributed by atoms with E-state index in [1.807, 2.05) is 30.3 Å². The Morgan fingerprint density at radius 1 is 1.15 bits per heavy atom. The number of nitro groups is 1. The number of nitrogens with one attached hydrogen (secondary N) is 3. The first kappa shape index (κ1) is 20.1. The number of nitrogens with zero attached hydrogens (tertiary/aromatic N) is 1. The van der Waals surface area contributed by atoms with Gasteiger partial charge in [-0.2, -0.15) is 0 Å². The number of likely N-dealkylation sites (N-methyl/N-ethyl adjacent to an activating group) is 1. The van der Waals surface area contributed by atoms with Crippen molar-refractivity contribution in [2.45, 2.75) is 19.4 Å². The average molecular weight is 370 g/mol. The monoisotopic (exact) mass is 370 g/mol. The molecule has 0 aromatic heterocycles. The Balaban J connectivity index is 1.92. The van der Waals surface area contributed by atoms with Crippen LogP contribution in [0.1, 0.15) is 23.6 Å². The predicted octanol–water partition coefficient (Wildman–Crippen LogP) is 2.31. The van der Waals surface area contributed by atoms with E-state index >= 15 is 0 Å². The van der Waals surface area contributed by atoms with Gasteiger partial charge in [-0.1, -0.05) is 30.3 Å². The molecule has 8 heteroatoms. The number of hydrogen-bond donors (Lipinski definition) is 3. The Kier molecular flexibility index (Phi) is 7.01. The van der Waals surface area contributed by atoms with Crippen molar-refractivity contribution < 1.29 is 14.5 Å². The summed E-state index contributed by atoms with van der Waals surface area (Å²) in [5.74, 6) is -0.434. The molecule has 0 spiro atoms. The van der Waals surface area contributed by atoms with E-state index in [1.165, 1.54) is 18.2 Å². The van der Waals surface area contributed by atoms with Crippen LogP contribution in [0.4, 0.5) is 11.4 Å². The SMILES string of the molecule is CNC(=O)C(NCCC(=O)Nc1ccc([N+](=O)[O-])cc1C)c1ccccc1. The summed E-state index contributed by atoms with van der Waals surface area (Å²) >= 11 is 0. The molecule has 2 amide bonds. The van der Waals surface area contributed by atoms with Gasteiger partial charge in [0.05, 0.1) is 4.92 Å². The van der Waals surface area contributed by atoms with Crippen molar-refractivity contribution in [2.24, 2.45) is 0 Å². The number of non-ortho nitro benzene ring substituents is 1. The van der Waals surface area contributed by atoms with Gasteiger partial charge >= 0.3 is 0 Å². The van der Waals surface area contributed by atoms with Crippen molar-refractivity contribution in [3.63, 3.8) is 0 Å². The molecule has 27 heavy (non-hydrogen) atoms. The Hall–Kier alpha value is -3.26. The van der Waals surface area contributed by atoms with Crippen LogP contribution in [0, 0.1) is 17.0 Å². The molecule has 3 N–H and O–H groups in total. The highest BCUT2D eigenvalue weighted by molar-refractivity contribution is 5.91. The highest BCUT2D eigenvalue weighted by Crippen LogP contribution is 2.21. The normalized spacial score (nSPS) is 11.5. The second-order valence-corrected chi connectivity index (χ2v) is 5.97. The minimum atomic E-state index is -0.551. The van der Waals surface area contributed by atoms with E-state index in [-0.39, 0.29) is 23.9 Å². The third-order valence-electron chi connectivity index (χ3n) is 4.04. The van der Waals surface area contributed by atoms with Crippen molar-refractivity contribution in [2.75, 3.05) is 18.9 Å². The van der Waals surface area contributed by atoms with Crippen LogP contribution < -0.4 is 16.0 Å². The van der Waals surface area contributed by atoms with E-state index in [0.29, 0.717) is 17.8 Å². The number of nitro benzene ring substituents is 1. The maximum absolute atomic E-state index is 12.2. The van der Waals surface area contributed by atoms with Gasteiger partial charge in [0.15, 0.2) is 0 Å². The summed E-state index contributed by atoms with van der Waals surface area (Å²) < 4.78 is 0. The van der Waals surface area contributed by atoms with E-state index in [4.69, 9.17) is 0 Å². The molecule has 142 valence electrons. The van der Waals surface area contributed by atoms with Gasteiger partial charge in [0.25, 0.3) is 5.69 Å². The molecular weight excluding hydrogens is 348 g/mol. The zero-order valence-electron chi connectivity index (χ0n) is 15.2. The van der Waals surface area contributed by atoms with Gasteiger partial charge in [-0.05, 0) is 24.1 Å². The van der Waals surface area contributed by atoms with Crippen LogP contribution in [-0.4, -0.2) is 30.3 Å². The second-order valence-electron chi connectivity index (χ2n) is 5.97. The molecule has 0 aliphatic rings. The van der Waals surface area contributed by atoms with E-state index in [2.05, 4.69) is 16.0 Å². The van der Waals surface area contributed by atoms with Crippen LogP contribution in [0.15, 0.2) is 48.5 Å². The minimum absolute atomic E-state index is 0.0246. The van der Waals surface area contributed by atoms with Crippen molar-refractivity contribution in [3.8, 4) is 0 Å². The molecule has 1 atom stereocenters. The molecule has 8 nitrogen and oxygen atoms in total. The van der Waals surface area contributed by atoms with Crippen LogP contribution in [0.3, 0.4) is 0 Å². The van der Waals surface area contributed by atoms with Gasteiger partial charge in [0.2, 0.25) is 11.8 Å². The number of anilines is 1. The summed E-state index contributed by atoms with van der Waals surface area (Å²) in [6, 6.07) is 12.9. The van der Waals surface area contributed by atoms with Crippen molar-refractivity contribution in [1.82, 2.24) is 10.6 Å². The second kappa shape index (κ2) is 9.44. The maximum Gasteiger partial charge on any atom is 0.269 e. The third kappa shape index (κ3) is 5.61. The smallest absolute Gasteiger partial charge is 0.269 e. The molecule has 0 aliphatic heterocycles. The first-order valence-corrected chi connectivity index (χ1v) is 8.47. The van der Waals surface area contributed by atoms with Gasteiger partial charge in [-0.25, -0.2) is 0 Å². The van der Waals surface area contributed by atoms with Crippen LogP contribution in [0.2, 0.25) is 0 Å². The summed E-state index contributed by atoms with van der Waals surface area (Å²) in [4.78, 5) is 34.5. The first-order chi connectivity index (χ1) is 12.9. The molecular formula is C19H22N4O4. The van der Waals surface area contributed by atoms with Crippen molar-refractivity contribution in [3.05, 3.63) is 69.8 Å². The summed E-state index contributed by atoms with van der Waals surface area (Å²) in [5, 5.41) is 19.2. The Labute approximate surface area is 157 Å². The quantitative estimate of drug-likeness (QED) is 0.487. The fourth-order valence-corrected chi connectivity index (χ4v) is 2.60. The molecule has 0 bridgehead atoms. The van der Waals surface area contributed by atoms with Gasteiger partial charge < -0.3 is 16.0 Å². The Morgan fingerprint density at radius 3 is 2.44 bits per heavy atom.